The van der Waals surface area contributed by atoms with Gasteiger partial charge in [0.2, 0.25) is 6.79 Å². The molecule has 0 saturated heterocycles. The molecule has 6 nitrogen and oxygen atoms in total. The fourth-order valence-electron chi connectivity index (χ4n) is 2.85. The van der Waals surface area contributed by atoms with Gasteiger partial charge >= 0.3 is 7.75 Å². The summed E-state index contributed by atoms with van der Waals surface area (Å²) in [5, 5.41) is 0. The zero-order valence-electron chi connectivity index (χ0n) is 15.4. The normalized spacial score (nSPS) is 16.9. The van der Waals surface area contributed by atoms with Crippen molar-refractivity contribution in [3.05, 3.63) is 47.9 Å². The van der Waals surface area contributed by atoms with Crippen LogP contribution >= 0.6 is 7.75 Å². The first kappa shape index (κ1) is 20.0. The van der Waals surface area contributed by atoms with Crippen LogP contribution in [0.1, 0.15) is 26.3 Å². The van der Waals surface area contributed by atoms with Crippen LogP contribution in [0, 0.1) is 5.92 Å². The smallest absolute Gasteiger partial charge is 0.408 e. The second-order valence-corrected chi connectivity index (χ2v) is 7.95. The van der Waals surface area contributed by atoms with Crippen molar-refractivity contribution in [1.29, 1.82) is 0 Å². The van der Waals surface area contributed by atoms with Crippen molar-refractivity contribution in [2.45, 2.75) is 33.2 Å². The Kier molecular flexibility index (Phi) is 7.51. The highest BCUT2D eigenvalue weighted by Gasteiger charge is 2.39. The lowest BCUT2D eigenvalue weighted by Gasteiger charge is -2.35. The summed E-state index contributed by atoms with van der Waals surface area (Å²) in [6.07, 6.45) is 2.38. The van der Waals surface area contributed by atoms with E-state index >= 15 is 0 Å². The molecule has 0 saturated carbocycles. The van der Waals surface area contributed by atoms with Crippen LogP contribution in [0.4, 0.5) is 0 Å². The molecule has 140 valence electrons. The molecule has 2 unspecified atom stereocenters. The first-order valence-corrected chi connectivity index (χ1v) is 10.1. The molecule has 2 rings (SSSR count). The van der Waals surface area contributed by atoms with Gasteiger partial charge in [-0.05, 0) is 39.8 Å². The molecule has 0 radical (unpaired) electrons. The van der Waals surface area contributed by atoms with Gasteiger partial charge in [-0.2, -0.15) is 0 Å². The molecule has 0 amide bonds. The van der Waals surface area contributed by atoms with Crippen LogP contribution < -0.4 is 0 Å². The van der Waals surface area contributed by atoms with E-state index in [1.807, 2.05) is 39.0 Å². The third-order valence-corrected chi connectivity index (χ3v) is 6.61. The van der Waals surface area contributed by atoms with Gasteiger partial charge in [0, 0.05) is 12.0 Å². The van der Waals surface area contributed by atoms with E-state index in [2.05, 4.69) is 12.1 Å². The van der Waals surface area contributed by atoms with Crippen LogP contribution in [-0.2, 0) is 29.5 Å². The summed E-state index contributed by atoms with van der Waals surface area (Å²) in [5.74, 6) is 0.715. The second-order valence-electron chi connectivity index (χ2n) is 5.86. The van der Waals surface area contributed by atoms with E-state index in [9.17, 15) is 4.57 Å². The Bertz CT molecular complexity index is 597. The Morgan fingerprint density at radius 2 is 1.84 bits per heavy atom. The summed E-state index contributed by atoms with van der Waals surface area (Å²) >= 11 is 0. The minimum Gasteiger partial charge on any atom is -0.462 e. The zero-order valence-corrected chi connectivity index (χ0v) is 16.3. The molecule has 0 aromatic heterocycles. The number of ether oxygens (including phenoxy) is 2. The van der Waals surface area contributed by atoms with Crippen LogP contribution in [-0.4, -0.2) is 37.8 Å². The average molecular weight is 369 g/mol. The van der Waals surface area contributed by atoms with Gasteiger partial charge in [0.05, 0.1) is 13.2 Å². The fourth-order valence-corrected chi connectivity index (χ4v) is 4.55. The van der Waals surface area contributed by atoms with Crippen molar-refractivity contribution in [3.63, 3.8) is 0 Å². The number of hydrogen-bond acceptors (Lipinski definition) is 5. The second kappa shape index (κ2) is 9.39. The Labute approximate surface area is 150 Å². The van der Waals surface area contributed by atoms with Crippen molar-refractivity contribution in [2.24, 2.45) is 5.92 Å². The monoisotopic (exact) mass is 369 g/mol. The standard InChI is InChI=1S/C18H28NO5P/c1-5-23-25(20,24-6-2)19(4)15(3)17(18-13-21-14-22-18)12-16-10-8-7-9-11-16/h7-11,13,15,17H,5-6,12,14H2,1-4H3. The van der Waals surface area contributed by atoms with Gasteiger partial charge in [-0.25, -0.2) is 9.24 Å². The molecule has 0 fully saturated rings. The van der Waals surface area contributed by atoms with E-state index in [4.69, 9.17) is 18.5 Å². The number of hydrogen-bond donors (Lipinski definition) is 0. The van der Waals surface area contributed by atoms with Gasteiger partial charge in [-0.1, -0.05) is 30.3 Å². The average Bonchev–Trinajstić information content (AvgIpc) is 3.14. The summed E-state index contributed by atoms with van der Waals surface area (Å²) < 4.78 is 36.7. The van der Waals surface area contributed by atoms with E-state index in [0.717, 1.165) is 12.2 Å². The zero-order chi connectivity index (χ0) is 18.3. The first-order chi connectivity index (χ1) is 12.0. The number of rotatable bonds is 10. The molecule has 0 aliphatic carbocycles. The molecule has 1 aliphatic rings. The van der Waals surface area contributed by atoms with Gasteiger partial charge in [0.1, 0.15) is 12.0 Å². The molecule has 25 heavy (non-hydrogen) atoms. The molecular formula is C18H28NO5P. The molecule has 0 N–H and O–H groups in total. The topological polar surface area (TPSA) is 57.2 Å². The van der Waals surface area contributed by atoms with Crippen LogP contribution in [0.2, 0.25) is 0 Å². The SMILES string of the molecule is CCOP(=O)(OCC)N(C)C(C)C(Cc1ccccc1)C1=COCO1. The van der Waals surface area contributed by atoms with Crippen LogP contribution in [0.5, 0.6) is 0 Å². The third-order valence-electron chi connectivity index (χ3n) is 4.30. The van der Waals surface area contributed by atoms with E-state index < -0.39 is 7.75 Å². The third kappa shape index (κ3) is 5.08. The van der Waals surface area contributed by atoms with Gasteiger partial charge in [-0.3, -0.25) is 9.05 Å². The first-order valence-electron chi connectivity index (χ1n) is 8.62. The van der Waals surface area contributed by atoms with Crippen molar-refractivity contribution >= 4 is 7.75 Å². The lowest BCUT2D eigenvalue weighted by molar-refractivity contribution is 0.0622. The molecular weight excluding hydrogens is 341 g/mol. The Balaban J connectivity index is 2.24. The highest BCUT2D eigenvalue weighted by atomic mass is 31.2. The number of nitrogens with zero attached hydrogens (tertiary/aromatic N) is 1. The minimum absolute atomic E-state index is 0.0378. The van der Waals surface area contributed by atoms with E-state index in [0.29, 0.717) is 13.2 Å². The molecule has 0 spiro atoms. The maximum absolute atomic E-state index is 13.1. The van der Waals surface area contributed by atoms with Gasteiger partial charge in [0.15, 0.2) is 0 Å². The Morgan fingerprint density at radius 1 is 1.20 bits per heavy atom. The summed E-state index contributed by atoms with van der Waals surface area (Å²) in [4.78, 5) is 0. The molecule has 0 bridgehead atoms. The molecule has 2 atom stereocenters. The summed E-state index contributed by atoms with van der Waals surface area (Å²) in [6.45, 7) is 6.47. The minimum atomic E-state index is -3.36. The lowest BCUT2D eigenvalue weighted by atomic mass is 9.91. The maximum Gasteiger partial charge on any atom is 0.408 e. The fraction of sp³-hybridized carbons (Fsp3) is 0.556. The predicted molar refractivity (Wildman–Crippen MR) is 96.8 cm³/mol. The van der Waals surface area contributed by atoms with Crippen molar-refractivity contribution in [1.82, 2.24) is 4.67 Å². The Morgan fingerprint density at radius 3 is 2.36 bits per heavy atom. The quantitative estimate of drug-likeness (QED) is 0.577. The molecule has 7 heteroatoms. The number of benzene rings is 1. The molecule has 1 aromatic rings. The van der Waals surface area contributed by atoms with E-state index in [1.165, 1.54) is 5.56 Å². The molecule has 1 aliphatic heterocycles. The van der Waals surface area contributed by atoms with Gasteiger partial charge in [0.25, 0.3) is 0 Å². The van der Waals surface area contributed by atoms with Crippen molar-refractivity contribution in [2.75, 3.05) is 27.1 Å². The van der Waals surface area contributed by atoms with Crippen molar-refractivity contribution < 1.29 is 23.1 Å². The largest absolute Gasteiger partial charge is 0.462 e. The molecule has 1 heterocycles. The Hall–Kier alpha value is -1.33. The van der Waals surface area contributed by atoms with Gasteiger partial charge in [-0.15, -0.1) is 0 Å². The van der Waals surface area contributed by atoms with E-state index in [1.54, 1.807) is 18.0 Å². The lowest BCUT2D eigenvalue weighted by Crippen LogP contribution is -2.36. The van der Waals surface area contributed by atoms with Crippen molar-refractivity contribution in [3.8, 4) is 0 Å². The maximum atomic E-state index is 13.1. The molecule has 1 aromatic carbocycles. The van der Waals surface area contributed by atoms with Crippen LogP contribution in [0.25, 0.3) is 0 Å². The van der Waals surface area contributed by atoms with Gasteiger partial charge < -0.3 is 9.47 Å². The van der Waals surface area contributed by atoms with Crippen LogP contribution in [0.3, 0.4) is 0 Å². The summed E-state index contributed by atoms with van der Waals surface area (Å²) in [5.41, 5.74) is 1.17. The van der Waals surface area contributed by atoms with Crippen LogP contribution in [0.15, 0.2) is 42.4 Å². The summed E-state index contributed by atoms with van der Waals surface area (Å²) in [7, 11) is -1.59. The highest BCUT2D eigenvalue weighted by Crippen LogP contribution is 2.53. The highest BCUT2D eigenvalue weighted by molar-refractivity contribution is 7.51. The van der Waals surface area contributed by atoms with E-state index in [-0.39, 0.29) is 18.8 Å². The summed E-state index contributed by atoms with van der Waals surface area (Å²) in [6, 6.07) is 10.00. The predicted octanol–water partition coefficient (Wildman–Crippen LogP) is 4.19.